The van der Waals surface area contributed by atoms with Crippen LogP contribution in [0.15, 0.2) is 28.7 Å². The minimum atomic E-state index is -1.33. The van der Waals surface area contributed by atoms with Crippen molar-refractivity contribution in [2.75, 3.05) is 13.1 Å². The molecule has 6 heteroatoms. The van der Waals surface area contributed by atoms with Gasteiger partial charge in [-0.15, -0.1) is 0 Å². The summed E-state index contributed by atoms with van der Waals surface area (Å²) in [5, 5.41) is 0. The number of hydrogen-bond donors (Lipinski definition) is 0. The Hall–Kier alpha value is -1.53. The summed E-state index contributed by atoms with van der Waals surface area (Å²) in [6, 6.07) is 8.13. The third-order valence-corrected chi connectivity index (χ3v) is 6.04. The van der Waals surface area contributed by atoms with Gasteiger partial charge in [0.1, 0.15) is 27.4 Å². The molecule has 1 aromatic rings. The van der Waals surface area contributed by atoms with Crippen molar-refractivity contribution < 1.29 is 14.1 Å². The van der Waals surface area contributed by atoms with E-state index in [2.05, 4.69) is 10.5 Å². The van der Waals surface area contributed by atoms with E-state index in [4.69, 9.17) is 4.74 Å². The first-order valence-electron chi connectivity index (χ1n) is 8.99. The van der Waals surface area contributed by atoms with Crippen molar-refractivity contribution in [1.82, 2.24) is 4.90 Å². The number of hydrogen-bond acceptors (Lipinski definition) is 4. The van der Waals surface area contributed by atoms with Crippen molar-refractivity contribution in [1.29, 1.82) is 0 Å². The third-order valence-electron chi connectivity index (χ3n) is 4.64. The van der Waals surface area contributed by atoms with E-state index < -0.39 is 21.7 Å². The first-order valence-corrected chi connectivity index (χ1v) is 10.1. The predicted molar refractivity (Wildman–Crippen MR) is 105 cm³/mol. The zero-order chi connectivity index (χ0) is 19.3. The minimum absolute atomic E-state index is 0.249. The van der Waals surface area contributed by atoms with Gasteiger partial charge in [-0.05, 0) is 53.5 Å². The van der Waals surface area contributed by atoms with Crippen LogP contribution in [-0.4, -0.2) is 44.7 Å². The molecular weight excluding hydrogens is 348 g/mol. The Kier molecular flexibility index (Phi) is 4.64. The van der Waals surface area contributed by atoms with E-state index in [1.165, 1.54) is 5.56 Å². The van der Waals surface area contributed by atoms with Gasteiger partial charge in [0.25, 0.3) is 0 Å². The lowest BCUT2D eigenvalue weighted by atomic mass is 9.76. The maximum Gasteiger partial charge on any atom is 0.410 e. The Balaban J connectivity index is 1.86. The lowest BCUT2D eigenvalue weighted by Crippen LogP contribution is -2.62. The van der Waals surface area contributed by atoms with Gasteiger partial charge in [-0.25, -0.2) is 4.79 Å². The molecule has 1 spiro atoms. The summed E-state index contributed by atoms with van der Waals surface area (Å²) in [5.74, 6) is 0. The van der Waals surface area contributed by atoms with Crippen molar-refractivity contribution in [3.63, 3.8) is 0 Å². The van der Waals surface area contributed by atoms with Gasteiger partial charge in [0.15, 0.2) is 0 Å². The van der Waals surface area contributed by atoms with Crippen molar-refractivity contribution in [2.24, 2.45) is 9.81 Å². The Labute approximate surface area is 159 Å². The molecule has 1 fully saturated rings. The molecule has 0 radical (unpaired) electrons. The maximum atomic E-state index is 12.7. The molecule has 0 unspecified atom stereocenters. The van der Waals surface area contributed by atoms with Crippen LogP contribution in [0.25, 0.3) is 0 Å². The number of carbonyl (C=O) groups excluding carboxylic acids is 1. The van der Waals surface area contributed by atoms with Gasteiger partial charge < -0.3 is 14.2 Å². The van der Waals surface area contributed by atoms with E-state index in [-0.39, 0.29) is 11.5 Å². The molecule has 0 aromatic heterocycles. The summed E-state index contributed by atoms with van der Waals surface area (Å²) >= 11 is -1.33. The Morgan fingerprint density at radius 1 is 1.19 bits per heavy atom. The van der Waals surface area contributed by atoms with Gasteiger partial charge in [0, 0.05) is 18.7 Å². The lowest BCUT2D eigenvalue weighted by molar-refractivity contribution is -0.0117. The molecule has 0 N–H and O–H groups in total. The zero-order valence-electron chi connectivity index (χ0n) is 16.5. The fourth-order valence-electron chi connectivity index (χ4n) is 3.41. The second kappa shape index (κ2) is 6.27. The molecule has 1 aliphatic carbocycles. The first-order chi connectivity index (χ1) is 11.9. The number of benzene rings is 1. The number of nitrogens with zero attached hydrogens (tertiary/aromatic N) is 2. The summed E-state index contributed by atoms with van der Waals surface area (Å²) in [6.07, 6.45) is 0.526. The molecule has 142 valence electrons. The highest BCUT2D eigenvalue weighted by Crippen LogP contribution is 2.45. The summed E-state index contributed by atoms with van der Waals surface area (Å²) in [4.78, 5) is 14.1. The SMILES string of the molecule is CC(C)(C)OC(=O)N1CC2(Cc3ccccc3/C2=N\[S@+]([O-])C(C)(C)C)C1. The molecule has 1 heterocycles. The number of amides is 1. The summed E-state index contributed by atoms with van der Waals surface area (Å²) in [6.45, 7) is 12.5. The van der Waals surface area contributed by atoms with E-state index in [0.29, 0.717) is 13.1 Å². The monoisotopic (exact) mass is 376 g/mol. The fraction of sp³-hybridized carbons (Fsp3) is 0.600. The Morgan fingerprint density at radius 2 is 1.81 bits per heavy atom. The van der Waals surface area contributed by atoms with Crippen LogP contribution in [0.2, 0.25) is 0 Å². The van der Waals surface area contributed by atoms with E-state index in [0.717, 1.165) is 17.7 Å². The normalized spacial score (nSPS) is 21.5. The van der Waals surface area contributed by atoms with Crippen LogP contribution >= 0.6 is 0 Å². The molecule has 2 aliphatic rings. The molecule has 26 heavy (non-hydrogen) atoms. The van der Waals surface area contributed by atoms with Crippen LogP contribution in [0, 0.1) is 5.41 Å². The molecule has 1 saturated heterocycles. The highest BCUT2D eigenvalue weighted by molar-refractivity contribution is 7.91. The van der Waals surface area contributed by atoms with Gasteiger partial charge in [-0.1, -0.05) is 28.7 Å². The average molecular weight is 377 g/mol. The first kappa shape index (κ1) is 19.2. The van der Waals surface area contributed by atoms with Crippen LogP contribution in [0.1, 0.15) is 52.7 Å². The number of carbonyl (C=O) groups is 1. The molecule has 0 saturated carbocycles. The lowest BCUT2D eigenvalue weighted by Gasteiger charge is -2.47. The van der Waals surface area contributed by atoms with Gasteiger partial charge in [0.2, 0.25) is 0 Å². The second-order valence-electron chi connectivity index (χ2n) is 9.25. The second-order valence-corrected chi connectivity index (χ2v) is 11.2. The smallest absolute Gasteiger partial charge is 0.410 e. The van der Waals surface area contributed by atoms with Crippen molar-refractivity contribution in [3.05, 3.63) is 35.4 Å². The maximum absolute atomic E-state index is 12.7. The Morgan fingerprint density at radius 3 is 2.38 bits per heavy atom. The van der Waals surface area contributed by atoms with Crippen molar-refractivity contribution in [2.45, 2.75) is 58.3 Å². The quantitative estimate of drug-likeness (QED) is 0.702. The molecule has 1 aliphatic heterocycles. The molecule has 0 bridgehead atoms. The molecule has 5 nitrogen and oxygen atoms in total. The molecule has 1 aromatic carbocycles. The standard InChI is InChI=1S/C20H28N2O3S/c1-18(2,3)25-17(23)22-12-20(13-22)11-14-9-7-8-10-15(14)16(20)21-26(24)19(4,5)6/h7-10H,11-13H2,1-6H3/b21-16+/t26-/m1/s1. The minimum Gasteiger partial charge on any atom is -0.591 e. The van der Waals surface area contributed by atoms with Gasteiger partial charge >= 0.3 is 6.09 Å². The van der Waals surface area contributed by atoms with Gasteiger partial charge in [-0.2, -0.15) is 0 Å². The number of likely N-dealkylation sites (tertiary alicyclic amines) is 1. The third kappa shape index (κ3) is 3.62. The van der Waals surface area contributed by atoms with E-state index >= 15 is 0 Å². The largest absolute Gasteiger partial charge is 0.591 e. The number of ether oxygens (including phenoxy) is 1. The van der Waals surface area contributed by atoms with Crippen LogP contribution in [0.3, 0.4) is 0 Å². The van der Waals surface area contributed by atoms with Gasteiger partial charge in [0.05, 0.1) is 5.41 Å². The van der Waals surface area contributed by atoms with E-state index in [1.807, 2.05) is 59.7 Å². The molecule has 3 rings (SSSR count). The predicted octanol–water partition coefficient (Wildman–Crippen LogP) is 3.73. The van der Waals surface area contributed by atoms with E-state index in [1.54, 1.807) is 4.90 Å². The zero-order valence-corrected chi connectivity index (χ0v) is 17.3. The fourth-order valence-corrected chi connectivity index (χ4v) is 4.14. The number of rotatable bonds is 1. The number of fused-ring (bicyclic) bond motifs is 1. The summed E-state index contributed by atoms with van der Waals surface area (Å²) in [7, 11) is 0. The van der Waals surface area contributed by atoms with Crippen LogP contribution in [0.5, 0.6) is 0 Å². The summed E-state index contributed by atoms with van der Waals surface area (Å²) < 4.78 is 22.4. The summed E-state index contributed by atoms with van der Waals surface area (Å²) in [5.41, 5.74) is 2.39. The molecule has 1 atom stereocenters. The highest BCUT2D eigenvalue weighted by Gasteiger charge is 2.55. The molecular formula is C20H28N2O3S. The van der Waals surface area contributed by atoms with E-state index in [9.17, 15) is 9.35 Å². The Bertz CT molecular complexity index is 740. The topological polar surface area (TPSA) is 65.0 Å². The van der Waals surface area contributed by atoms with Crippen LogP contribution < -0.4 is 0 Å². The van der Waals surface area contributed by atoms with Crippen molar-refractivity contribution in [3.8, 4) is 0 Å². The van der Waals surface area contributed by atoms with Crippen LogP contribution in [-0.2, 0) is 22.5 Å². The molecule has 1 amide bonds. The highest BCUT2D eigenvalue weighted by atomic mass is 32.2. The van der Waals surface area contributed by atoms with Crippen molar-refractivity contribution >= 4 is 23.2 Å². The van der Waals surface area contributed by atoms with Gasteiger partial charge in [-0.3, -0.25) is 0 Å². The average Bonchev–Trinajstić information content (AvgIpc) is 2.77. The van der Waals surface area contributed by atoms with Crippen LogP contribution in [0.4, 0.5) is 4.79 Å².